The van der Waals surface area contributed by atoms with Crippen molar-refractivity contribution in [2.75, 3.05) is 20.2 Å². The summed E-state index contributed by atoms with van der Waals surface area (Å²) in [5.74, 6) is 0.780. The molecule has 1 saturated heterocycles. The number of rotatable bonds is 5. The van der Waals surface area contributed by atoms with Crippen molar-refractivity contribution in [2.45, 2.75) is 25.2 Å². The first-order valence-corrected chi connectivity index (χ1v) is 9.96. The third-order valence-corrected chi connectivity index (χ3v) is 5.98. The summed E-state index contributed by atoms with van der Waals surface area (Å²) in [6.45, 7) is 3.12. The van der Waals surface area contributed by atoms with E-state index in [0.29, 0.717) is 12.4 Å². The predicted molar refractivity (Wildman–Crippen MR) is 110 cm³/mol. The molecule has 1 fully saturated rings. The number of likely N-dealkylation sites (tertiary alicyclic amines) is 1. The average molecular weight is 388 g/mol. The van der Waals surface area contributed by atoms with Crippen LogP contribution in [0, 0.1) is 0 Å². The summed E-state index contributed by atoms with van der Waals surface area (Å²) >= 11 is 0. The van der Waals surface area contributed by atoms with E-state index in [1.807, 2.05) is 42.6 Å². The van der Waals surface area contributed by atoms with Gasteiger partial charge in [-0.15, -0.1) is 0 Å². The van der Waals surface area contributed by atoms with Gasteiger partial charge in [-0.05, 0) is 23.8 Å². The van der Waals surface area contributed by atoms with Crippen molar-refractivity contribution in [3.8, 4) is 5.88 Å². The molecule has 5 rings (SSSR count). The molecule has 2 atom stereocenters. The number of benzene rings is 1. The summed E-state index contributed by atoms with van der Waals surface area (Å²) in [7, 11) is 1.65. The van der Waals surface area contributed by atoms with Gasteiger partial charge in [-0.25, -0.2) is 4.98 Å². The van der Waals surface area contributed by atoms with Gasteiger partial charge in [-0.1, -0.05) is 36.4 Å². The summed E-state index contributed by atoms with van der Waals surface area (Å²) < 4.78 is 7.59. The first kappa shape index (κ1) is 17.9. The number of carbonyl (C=O) groups excluding carboxylic acids is 1. The molecule has 2 aliphatic rings. The van der Waals surface area contributed by atoms with Gasteiger partial charge in [0.2, 0.25) is 5.88 Å². The van der Waals surface area contributed by atoms with Crippen LogP contribution in [-0.4, -0.2) is 51.5 Å². The van der Waals surface area contributed by atoms with Crippen molar-refractivity contribution in [1.82, 2.24) is 19.4 Å². The molecule has 0 radical (unpaired) electrons. The number of methoxy groups -OCH3 is 1. The zero-order valence-corrected chi connectivity index (χ0v) is 16.4. The smallest absolute Gasteiger partial charge is 0.271 e. The van der Waals surface area contributed by atoms with Crippen LogP contribution in [0.25, 0.3) is 0 Å². The monoisotopic (exact) mass is 388 g/mol. The van der Waals surface area contributed by atoms with Crippen molar-refractivity contribution in [3.05, 3.63) is 83.8 Å². The normalized spacial score (nSPS) is 21.1. The van der Waals surface area contributed by atoms with Crippen molar-refractivity contribution in [2.24, 2.45) is 0 Å². The summed E-state index contributed by atoms with van der Waals surface area (Å²) in [5, 5.41) is 0. The largest absolute Gasteiger partial charge is 0.481 e. The molecule has 0 saturated carbocycles. The van der Waals surface area contributed by atoms with Crippen LogP contribution in [0.2, 0.25) is 0 Å². The Morgan fingerprint density at radius 2 is 1.83 bits per heavy atom. The number of aromatic nitrogens is 2. The van der Waals surface area contributed by atoms with Crippen LogP contribution in [0.5, 0.6) is 5.88 Å². The molecule has 2 aliphatic heterocycles. The van der Waals surface area contributed by atoms with Gasteiger partial charge in [0.05, 0.1) is 19.2 Å². The zero-order valence-electron chi connectivity index (χ0n) is 16.4. The molecule has 4 heterocycles. The SMILES string of the molecule is COc1ncccc1CN1C[C@@H]2[C@H](C1)n1cccc1C(=O)N2Cc1ccccc1. The summed E-state index contributed by atoms with van der Waals surface area (Å²) in [6.07, 6.45) is 3.79. The van der Waals surface area contributed by atoms with Gasteiger partial charge in [0.1, 0.15) is 5.69 Å². The lowest BCUT2D eigenvalue weighted by Gasteiger charge is -2.38. The van der Waals surface area contributed by atoms with Gasteiger partial charge in [0.25, 0.3) is 5.91 Å². The number of carbonyl (C=O) groups is 1. The predicted octanol–water partition coefficient (Wildman–Crippen LogP) is 2.97. The van der Waals surface area contributed by atoms with Crippen molar-refractivity contribution in [3.63, 3.8) is 0 Å². The maximum Gasteiger partial charge on any atom is 0.271 e. The van der Waals surface area contributed by atoms with E-state index >= 15 is 0 Å². The summed E-state index contributed by atoms with van der Waals surface area (Å²) in [6, 6.07) is 18.5. The lowest BCUT2D eigenvalue weighted by molar-refractivity contribution is 0.0556. The minimum Gasteiger partial charge on any atom is -0.481 e. The fourth-order valence-corrected chi connectivity index (χ4v) is 4.66. The van der Waals surface area contributed by atoms with Crippen molar-refractivity contribution in [1.29, 1.82) is 0 Å². The third kappa shape index (κ3) is 3.19. The fourth-order valence-electron chi connectivity index (χ4n) is 4.66. The first-order valence-electron chi connectivity index (χ1n) is 9.96. The van der Waals surface area contributed by atoms with E-state index in [0.717, 1.165) is 36.5 Å². The number of amides is 1. The van der Waals surface area contributed by atoms with Crippen LogP contribution < -0.4 is 4.74 Å². The van der Waals surface area contributed by atoms with Crippen LogP contribution in [-0.2, 0) is 13.1 Å². The molecule has 0 aliphatic carbocycles. The Morgan fingerprint density at radius 3 is 2.66 bits per heavy atom. The zero-order chi connectivity index (χ0) is 19.8. The summed E-state index contributed by atoms with van der Waals surface area (Å²) in [4.78, 5) is 22.0. The molecular weight excluding hydrogens is 364 g/mol. The number of ether oxygens (including phenoxy) is 1. The highest BCUT2D eigenvalue weighted by atomic mass is 16.5. The third-order valence-electron chi connectivity index (χ3n) is 5.98. The Morgan fingerprint density at radius 1 is 1.00 bits per heavy atom. The maximum atomic E-state index is 13.2. The second-order valence-corrected chi connectivity index (χ2v) is 7.72. The van der Waals surface area contributed by atoms with E-state index in [2.05, 4.69) is 37.5 Å². The van der Waals surface area contributed by atoms with Gasteiger partial charge in [-0.2, -0.15) is 0 Å². The molecular formula is C23H24N4O2. The highest BCUT2D eigenvalue weighted by Crippen LogP contribution is 2.35. The van der Waals surface area contributed by atoms with Gasteiger partial charge in [0, 0.05) is 44.1 Å². The minimum atomic E-state index is 0.112. The number of hydrogen-bond donors (Lipinski definition) is 0. The molecule has 1 amide bonds. The number of hydrogen-bond acceptors (Lipinski definition) is 4. The van der Waals surface area contributed by atoms with E-state index < -0.39 is 0 Å². The molecule has 3 aromatic rings. The van der Waals surface area contributed by atoms with Crippen LogP contribution in [0.3, 0.4) is 0 Å². The molecule has 1 aromatic carbocycles. The molecule has 0 bridgehead atoms. The van der Waals surface area contributed by atoms with E-state index in [9.17, 15) is 4.79 Å². The Kier molecular flexibility index (Phi) is 4.56. The van der Waals surface area contributed by atoms with E-state index in [1.54, 1.807) is 13.3 Å². The molecule has 148 valence electrons. The minimum absolute atomic E-state index is 0.112. The van der Waals surface area contributed by atoms with Crippen molar-refractivity contribution >= 4 is 5.91 Å². The van der Waals surface area contributed by atoms with Crippen molar-refractivity contribution < 1.29 is 9.53 Å². The molecule has 29 heavy (non-hydrogen) atoms. The first-order chi connectivity index (χ1) is 14.2. The molecule has 2 aromatic heterocycles. The number of pyridine rings is 1. The number of nitrogens with zero attached hydrogens (tertiary/aromatic N) is 4. The summed E-state index contributed by atoms with van der Waals surface area (Å²) in [5.41, 5.74) is 3.01. The Balaban J connectivity index is 1.43. The molecule has 0 N–H and O–H groups in total. The highest BCUT2D eigenvalue weighted by molar-refractivity contribution is 5.94. The molecule has 6 nitrogen and oxygen atoms in total. The Labute approximate surface area is 170 Å². The topological polar surface area (TPSA) is 50.6 Å². The number of fused-ring (bicyclic) bond motifs is 3. The second kappa shape index (κ2) is 7.37. The van der Waals surface area contributed by atoms with Crippen LogP contribution in [0.15, 0.2) is 67.0 Å². The average Bonchev–Trinajstić information content (AvgIpc) is 3.39. The van der Waals surface area contributed by atoms with E-state index in [-0.39, 0.29) is 18.0 Å². The van der Waals surface area contributed by atoms with Gasteiger partial charge in [-0.3, -0.25) is 9.69 Å². The van der Waals surface area contributed by atoms with Gasteiger partial charge >= 0.3 is 0 Å². The Bertz CT molecular complexity index is 1020. The van der Waals surface area contributed by atoms with Crippen LogP contribution >= 0.6 is 0 Å². The Hall–Kier alpha value is -3.12. The van der Waals surface area contributed by atoms with E-state index in [1.165, 1.54) is 0 Å². The molecule has 0 spiro atoms. The maximum absolute atomic E-state index is 13.2. The second-order valence-electron chi connectivity index (χ2n) is 7.72. The van der Waals surface area contributed by atoms with E-state index in [4.69, 9.17) is 4.74 Å². The highest BCUT2D eigenvalue weighted by Gasteiger charge is 2.44. The van der Waals surface area contributed by atoms with Gasteiger partial charge < -0.3 is 14.2 Å². The lowest BCUT2D eigenvalue weighted by atomic mass is 10.0. The van der Waals surface area contributed by atoms with Crippen LogP contribution in [0.1, 0.15) is 27.7 Å². The van der Waals surface area contributed by atoms with Crippen LogP contribution in [0.4, 0.5) is 0 Å². The van der Waals surface area contributed by atoms with Gasteiger partial charge in [0.15, 0.2) is 0 Å². The standard InChI is InChI=1S/C23H24N4O2/c1-29-22-18(9-5-11-24-22)14-25-15-20-21(16-25)27(13-17-7-3-2-4-8-17)23(28)19-10-6-12-26(19)20/h2-12,20-21H,13-16H2,1H3/t20-,21+/m0/s1. The lowest BCUT2D eigenvalue weighted by Crippen LogP contribution is -2.49. The molecule has 0 unspecified atom stereocenters. The molecule has 6 heteroatoms. The fraction of sp³-hybridized carbons (Fsp3) is 0.304. The quantitative estimate of drug-likeness (QED) is 0.674.